The van der Waals surface area contributed by atoms with E-state index >= 15 is 0 Å². The SMILES string of the molecule is COC(=O)C1=CNC=C(C(=O)OC)C1c1cc(C)c(C)cc1C(=O)OC. The molecule has 0 atom stereocenters. The van der Waals surface area contributed by atoms with Crippen LogP contribution in [0.15, 0.2) is 35.7 Å². The predicted molar refractivity (Wildman–Crippen MR) is 93.3 cm³/mol. The molecule has 0 radical (unpaired) electrons. The van der Waals surface area contributed by atoms with Gasteiger partial charge in [0.15, 0.2) is 0 Å². The largest absolute Gasteiger partial charge is 0.466 e. The first-order chi connectivity index (χ1) is 12.3. The number of esters is 3. The number of ether oxygens (including phenoxy) is 3. The van der Waals surface area contributed by atoms with Crippen molar-refractivity contribution >= 4 is 17.9 Å². The van der Waals surface area contributed by atoms with Crippen molar-refractivity contribution in [3.8, 4) is 0 Å². The summed E-state index contributed by atoms with van der Waals surface area (Å²) in [5.74, 6) is -2.63. The van der Waals surface area contributed by atoms with Gasteiger partial charge in [-0.3, -0.25) is 0 Å². The Kier molecular flexibility index (Phi) is 5.82. The molecule has 1 N–H and O–H groups in total. The molecule has 1 aromatic carbocycles. The summed E-state index contributed by atoms with van der Waals surface area (Å²) < 4.78 is 14.6. The molecule has 1 aliphatic heterocycles. The fourth-order valence-electron chi connectivity index (χ4n) is 2.84. The molecule has 1 aliphatic rings. The lowest BCUT2D eigenvalue weighted by Crippen LogP contribution is -2.27. The van der Waals surface area contributed by atoms with Gasteiger partial charge in [-0.2, -0.15) is 0 Å². The maximum absolute atomic E-state index is 12.3. The molecule has 138 valence electrons. The Labute approximate surface area is 151 Å². The number of hydrogen-bond acceptors (Lipinski definition) is 7. The minimum atomic E-state index is -0.829. The van der Waals surface area contributed by atoms with Crippen molar-refractivity contribution in [2.75, 3.05) is 21.3 Å². The second-order valence-corrected chi connectivity index (χ2v) is 5.80. The summed E-state index contributed by atoms with van der Waals surface area (Å²) in [6.45, 7) is 3.74. The van der Waals surface area contributed by atoms with Crippen LogP contribution in [-0.4, -0.2) is 39.2 Å². The van der Waals surface area contributed by atoms with Crippen LogP contribution in [0.5, 0.6) is 0 Å². The van der Waals surface area contributed by atoms with Gasteiger partial charge < -0.3 is 19.5 Å². The van der Waals surface area contributed by atoms with Crippen molar-refractivity contribution in [1.82, 2.24) is 5.32 Å². The van der Waals surface area contributed by atoms with E-state index in [1.165, 1.54) is 33.7 Å². The summed E-state index contributed by atoms with van der Waals surface area (Å²) in [5.41, 5.74) is 2.89. The molecule has 0 spiro atoms. The Balaban J connectivity index is 2.75. The fourth-order valence-corrected chi connectivity index (χ4v) is 2.84. The van der Waals surface area contributed by atoms with E-state index in [4.69, 9.17) is 14.2 Å². The molecular formula is C19H21NO6. The average molecular weight is 359 g/mol. The van der Waals surface area contributed by atoms with Crippen molar-refractivity contribution in [3.63, 3.8) is 0 Å². The quantitative estimate of drug-likeness (QED) is 0.648. The molecule has 0 unspecified atom stereocenters. The maximum atomic E-state index is 12.3. The summed E-state index contributed by atoms with van der Waals surface area (Å²) in [7, 11) is 3.77. The van der Waals surface area contributed by atoms with Crippen LogP contribution in [0.4, 0.5) is 0 Å². The van der Waals surface area contributed by atoms with Crippen LogP contribution < -0.4 is 5.32 Å². The van der Waals surface area contributed by atoms with Crippen molar-refractivity contribution in [3.05, 3.63) is 57.9 Å². The van der Waals surface area contributed by atoms with Crippen molar-refractivity contribution < 1.29 is 28.6 Å². The van der Waals surface area contributed by atoms with Gasteiger partial charge in [0.05, 0.1) is 44.0 Å². The number of rotatable bonds is 4. The lowest BCUT2D eigenvalue weighted by atomic mass is 9.80. The van der Waals surface area contributed by atoms with Gasteiger partial charge in [0.2, 0.25) is 0 Å². The highest BCUT2D eigenvalue weighted by molar-refractivity contribution is 6.00. The third-order valence-electron chi connectivity index (χ3n) is 4.32. The number of carbonyl (C=O) groups excluding carboxylic acids is 3. The summed E-state index contributed by atoms with van der Waals surface area (Å²) in [4.78, 5) is 36.9. The van der Waals surface area contributed by atoms with Crippen LogP contribution in [0.1, 0.15) is 33.0 Å². The second-order valence-electron chi connectivity index (χ2n) is 5.80. The van der Waals surface area contributed by atoms with Crippen LogP contribution in [0, 0.1) is 13.8 Å². The minimum absolute atomic E-state index is 0.184. The summed E-state index contributed by atoms with van der Waals surface area (Å²) >= 11 is 0. The van der Waals surface area contributed by atoms with Crippen LogP contribution in [0.2, 0.25) is 0 Å². The molecule has 26 heavy (non-hydrogen) atoms. The highest BCUT2D eigenvalue weighted by Gasteiger charge is 2.36. The van der Waals surface area contributed by atoms with Crippen LogP contribution >= 0.6 is 0 Å². The van der Waals surface area contributed by atoms with E-state index in [1.54, 1.807) is 12.1 Å². The van der Waals surface area contributed by atoms with E-state index in [0.29, 0.717) is 5.56 Å². The fraction of sp³-hybridized carbons (Fsp3) is 0.316. The minimum Gasteiger partial charge on any atom is -0.466 e. The Hall–Kier alpha value is -3.09. The Morgan fingerprint density at radius 2 is 1.27 bits per heavy atom. The topological polar surface area (TPSA) is 90.9 Å². The molecule has 0 saturated heterocycles. The van der Waals surface area contributed by atoms with E-state index in [9.17, 15) is 14.4 Å². The number of aryl methyl sites for hydroxylation is 2. The third kappa shape index (κ3) is 3.46. The van der Waals surface area contributed by atoms with Crippen LogP contribution in [0.3, 0.4) is 0 Å². The van der Waals surface area contributed by atoms with E-state index in [1.807, 2.05) is 13.8 Å². The lowest BCUT2D eigenvalue weighted by Gasteiger charge is -2.26. The third-order valence-corrected chi connectivity index (χ3v) is 4.32. The molecule has 0 saturated carbocycles. The number of hydrogen-bond donors (Lipinski definition) is 1. The van der Waals surface area contributed by atoms with Gasteiger partial charge in [0, 0.05) is 12.4 Å². The van der Waals surface area contributed by atoms with Gasteiger partial charge in [-0.15, -0.1) is 0 Å². The van der Waals surface area contributed by atoms with E-state index < -0.39 is 23.8 Å². The maximum Gasteiger partial charge on any atom is 0.338 e. The van der Waals surface area contributed by atoms with Gasteiger partial charge in [-0.1, -0.05) is 6.07 Å². The molecule has 7 heteroatoms. The first-order valence-electron chi connectivity index (χ1n) is 7.87. The highest BCUT2D eigenvalue weighted by atomic mass is 16.5. The van der Waals surface area contributed by atoms with Crippen LogP contribution in [0.25, 0.3) is 0 Å². The normalized spacial score (nSPS) is 13.9. The van der Waals surface area contributed by atoms with Crippen molar-refractivity contribution in [2.45, 2.75) is 19.8 Å². The Morgan fingerprint density at radius 1 is 0.808 bits per heavy atom. The molecule has 0 aromatic heterocycles. The van der Waals surface area contributed by atoms with Crippen molar-refractivity contribution in [2.24, 2.45) is 0 Å². The second kappa shape index (κ2) is 7.86. The van der Waals surface area contributed by atoms with Crippen LogP contribution in [-0.2, 0) is 23.8 Å². The molecule has 1 aromatic rings. The van der Waals surface area contributed by atoms with Gasteiger partial charge in [-0.05, 0) is 36.6 Å². The summed E-state index contributed by atoms with van der Waals surface area (Å²) in [5, 5.41) is 2.76. The van der Waals surface area contributed by atoms with E-state index in [0.717, 1.165) is 11.1 Å². The first-order valence-corrected chi connectivity index (χ1v) is 7.87. The monoisotopic (exact) mass is 359 g/mol. The summed E-state index contributed by atoms with van der Waals surface area (Å²) in [6.07, 6.45) is 2.89. The highest BCUT2D eigenvalue weighted by Crippen LogP contribution is 2.38. The number of benzene rings is 1. The molecule has 0 bridgehead atoms. The molecule has 0 amide bonds. The van der Waals surface area contributed by atoms with E-state index in [2.05, 4.69) is 5.32 Å². The molecular weight excluding hydrogens is 338 g/mol. The lowest BCUT2D eigenvalue weighted by molar-refractivity contribution is -0.137. The zero-order chi connectivity index (χ0) is 19.4. The van der Waals surface area contributed by atoms with Gasteiger partial charge in [0.25, 0.3) is 0 Å². The zero-order valence-corrected chi connectivity index (χ0v) is 15.3. The van der Waals surface area contributed by atoms with Crippen molar-refractivity contribution in [1.29, 1.82) is 0 Å². The zero-order valence-electron chi connectivity index (χ0n) is 15.3. The molecule has 2 rings (SSSR count). The van der Waals surface area contributed by atoms with E-state index in [-0.39, 0.29) is 16.7 Å². The molecule has 0 fully saturated rings. The first kappa shape index (κ1) is 19.2. The molecule has 1 heterocycles. The number of carbonyl (C=O) groups is 3. The van der Waals surface area contributed by atoms with Gasteiger partial charge in [-0.25, -0.2) is 14.4 Å². The number of dihydropyridines is 1. The molecule has 7 nitrogen and oxygen atoms in total. The predicted octanol–water partition coefficient (Wildman–Crippen LogP) is 1.89. The Bertz CT molecular complexity index is 790. The van der Waals surface area contributed by atoms with Gasteiger partial charge in [0.1, 0.15) is 0 Å². The number of methoxy groups -OCH3 is 3. The smallest absolute Gasteiger partial charge is 0.338 e. The standard InChI is InChI=1S/C19H21NO6/c1-10-6-12(13(7-11(10)2)17(21)24-3)16-14(18(22)25-4)8-20-9-15(16)19(23)26-5/h6-9,16,20H,1-5H3. The average Bonchev–Trinajstić information content (AvgIpc) is 2.67. The molecule has 0 aliphatic carbocycles. The Morgan fingerprint density at radius 3 is 1.73 bits per heavy atom. The number of nitrogens with one attached hydrogen (secondary N) is 1. The van der Waals surface area contributed by atoms with Gasteiger partial charge >= 0.3 is 17.9 Å². The summed E-state index contributed by atoms with van der Waals surface area (Å²) in [6, 6.07) is 3.45.